The number of piperazine rings is 1. The zero-order valence-corrected chi connectivity index (χ0v) is 17.0. The predicted molar refractivity (Wildman–Crippen MR) is 109 cm³/mol. The van der Waals surface area contributed by atoms with Gasteiger partial charge in [0.05, 0.1) is 5.75 Å². The summed E-state index contributed by atoms with van der Waals surface area (Å²) in [5.74, 6) is 0.528. The van der Waals surface area contributed by atoms with Crippen molar-refractivity contribution in [2.24, 2.45) is 0 Å². The van der Waals surface area contributed by atoms with Crippen LogP contribution in [-0.4, -0.2) is 73.6 Å². The van der Waals surface area contributed by atoms with Crippen LogP contribution in [0.15, 0.2) is 47.4 Å². The number of nitrogens with zero attached hydrogens (tertiary/aromatic N) is 2. The standard InChI is InChI=1S/C21H25F3N2O2S/c22-21(23,24)16-28-13-3-8-25-9-11-26(12-10-25)20(27)15-29-19-7-6-17-4-1-2-5-18(17)14-19/h1-2,4-7,14H,3,8-13,15-16H2. The highest BCUT2D eigenvalue weighted by Crippen LogP contribution is 2.24. The molecule has 0 spiro atoms. The second kappa shape index (κ2) is 10.3. The number of amides is 1. The first kappa shape index (κ1) is 21.9. The van der Waals surface area contributed by atoms with Gasteiger partial charge in [0.25, 0.3) is 0 Å². The molecule has 1 aliphatic heterocycles. The van der Waals surface area contributed by atoms with Crippen LogP contribution >= 0.6 is 11.8 Å². The maximum atomic E-state index is 12.5. The Balaban J connectivity index is 1.34. The fourth-order valence-electron chi connectivity index (χ4n) is 3.29. The second-order valence-corrected chi connectivity index (χ2v) is 8.09. The van der Waals surface area contributed by atoms with Crippen LogP contribution in [0.3, 0.4) is 0 Å². The molecule has 0 bridgehead atoms. The van der Waals surface area contributed by atoms with Gasteiger partial charge in [0.2, 0.25) is 5.91 Å². The van der Waals surface area contributed by atoms with Gasteiger partial charge in [-0.3, -0.25) is 9.69 Å². The van der Waals surface area contributed by atoms with Crippen LogP contribution in [-0.2, 0) is 9.53 Å². The number of thioether (sulfide) groups is 1. The Morgan fingerprint density at radius 3 is 2.48 bits per heavy atom. The zero-order valence-electron chi connectivity index (χ0n) is 16.2. The number of hydrogen-bond donors (Lipinski definition) is 0. The molecule has 1 saturated heterocycles. The molecule has 0 atom stereocenters. The molecule has 3 rings (SSSR count). The number of halogens is 3. The van der Waals surface area contributed by atoms with E-state index in [2.05, 4.69) is 33.9 Å². The van der Waals surface area contributed by atoms with Gasteiger partial charge in [0, 0.05) is 44.2 Å². The fraction of sp³-hybridized carbons (Fsp3) is 0.476. The maximum Gasteiger partial charge on any atom is 0.411 e. The zero-order chi connectivity index (χ0) is 20.7. The number of hydrogen-bond acceptors (Lipinski definition) is 4. The van der Waals surface area contributed by atoms with E-state index in [4.69, 9.17) is 0 Å². The molecule has 1 amide bonds. The first-order chi connectivity index (χ1) is 13.9. The van der Waals surface area contributed by atoms with Gasteiger partial charge in [0.15, 0.2) is 0 Å². The summed E-state index contributed by atoms with van der Waals surface area (Å²) in [6.45, 7) is 2.38. The van der Waals surface area contributed by atoms with Gasteiger partial charge in [-0.1, -0.05) is 30.3 Å². The summed E-state index contributed by atoms with van der Waals surface area (Å²) >= 11 is 1.55. The van der Waals surface area contributed by atoms with Crippen LogP contribution in [0.1, 0.15) is 6.42 Å². The molecule has 0 unspecified atom stereocenters. The molecule has 8 heteroatoms. The molecule has 4 nitrogen and oxygen atoms in total. The van der Waals surface area contributed by atoms with E-state index in [1.807, 2.05) is 23.1 Å². The molecule has 1 heterocycles. The van der Waals surface area contributed by atoms with Gasteiger partial charge >= 0.3 is 6.18 Å². The SMILES string of the molecule is O=C(CSc1ccc2ccccc2c1)N1CCN(CCCOCC(F)(F)F)CC1. The summed E-state index contributed by atoms with van der Waals surface area (Å²) in [4.78, 5) is 17.6. The minimum Gasteiger partial charge on any atom is -0.372 e. The minimum atomic E-state index is -4.27. The lowest BCUT2D eigenvalue weighted by atomic mass is 10.1. The van der Waals surface area contributed by atoms with Gasteiger partial charge < -0.3 is 9.64 Å². The number of ether oxygens (including phenoxy) is 1. The predicted octanol–water partition coefficient (Wildman–Crippen LogP) is 4.05. The normalized spacial score (nSPS) is 15.8. The topological polar surface area (TPSA) is 32.8 Å². The summed E-state index contributed by atoms with van der Waals surface area (Å²) in [5, 5.41) is 2.35. The van der Waals surface area contributed by atoms with Gasteiger partial charge in [-0.2, -0.15) is 13.2 Å². The van der Waals surface area contributed by atoms with Crippen molar-refractivity contribution in [1.29, 1.82) is 0 Å². The molecular weight excluding hydrogens is 401 g/mol. The van der Waals surface area contributed by atoms with Crippen LogP contribution in [0.25, 0.3) is 10.8 Å². The van der Waals surface area contributed by atoms with E-state index in [9.17, 15) is 18.0 Å². The van der Waals surface area contributed by atoms with Crippen LogP contribution in [0.4, 0.5) is 13.2 Å². The van der Waals surface area contributed by atoms with Crippen LogP contribution in [0.2, 0.25) is 0 Å². The maximum absolute atomic E-state index is 12.5. The molecule has 29 heavy (non-hydrogen) atoms. The Bertz CT molecular complexity index is 808. The third-order valence-corrected chi connectivity index (χ3v) is 5.82. The van der Waals surface area contributed by atoms with Crippen molar-refractivity contribution in [3.05, 3.63) is 42.5 Å². The Kier molecular flexibility index (Phi) is 7.80. The highest BCUT2D eigenvalue weighted by Gasteiger charge is 2.27. The van der Waals surface area contributed by atoms with Gasteiger partial charge in [-0.25, -0.2) is 0 Å². The third kappa shape index (κ3) is 7.21. The highest BCUT2D eigenvalue weighted by atomic mass is 32.2. The summed E-state index contributed by atoms with van der Waals surface area (Å²) in [5.41, 5.74) is 0. The Morgan fingerprint density at radius 2 is 1.76 bits per heavy atom. The quantitative estimate of drug-likeness (QED) is 0.471. The number of benzene rings is 2. The van der Waals surface area contributed by atoms with Crippen LogP contribution < -0.4 is 0 Å². The molecule has 2 aromatic rings. The molecule has 0 N–H and O–H groups in total. The van der Waals surface area contributed by atoms with Crippen LogP contribution in [0.5, 0.6) is 0 Å². The van der Waals surface area contributed by atoms with Crippen molar-refractivity contribution in [3.63, 3.8) is 0 Å². The summed E-state index contributed by atoms with van der Waals surface area (Å²) in [6.07, 6.45) is -3.71. The molecule has 0 radical (unpaired) electrons. The molecule has 0 saturated carbocycles. The fourth-order valence-corrected chi connectivity index (χ4v) is 4.14. The average Bonchev–Trinajstić information content (AvgIpc) is 2.71. The number of fused-ring (bicyclic) bond motifs is 1. The third-order valence-electron chi connectivity index (χ3n) is 4.84. The van der Waals surface area contributed by atoms with Crippen molar-refractivity contribution in [2.45, 2.75) is 17.5 Å². The van der Waals surface area contributed by atoms with Crippen molar-refractivity contribution < 1.29 is 22.7 Å². The van der Waals surface area contributed by atoms with E-state index >= 15 is 0 Å². The molecular formula is C21H25F3N2O2S. The molecule has 1 aliphatic rings. The molecule has 2 aromatic carbocycles. The van der Waals surface area contributed by atoms with Gasteiger partial charge in [-0.15, -0.1) is 11.8 Å². The summed E-state index contributed by atoms with van der Waals surface area (Å²) < 4.78 is 40.7. The smallest absolute Gasteiger partial charge is 0.372 e. The number of alkyl halides is 3. The van der Waals surface area contributed by atoms with Crippen molar-refractivity contribution in [1.82, 2.24) is 9.80 Å². The second-order valence-electron chi connectivity index (χ2n) is 7.04. The Morgan fingerprint density at radius 1 is 1.03 bits per heavy atom. The van der Waals surface area contributed by atoms with E-state index in [1.165, 1.54) is 5.39 Å². The Labute approximate surface area is 173 Å². The highest BCUT2D eigenvalue weighted by molar-refractivity contribution is 8.00. The monoisotopic (exact) mass is 426 g/mol. The largest absolute Gasteiger partial charge is 0.411 e. The number of carbonyl (C=O) groups is 1. The van der Waals surface area contributed by atoms with E-state index in [1.54, 1.807) is 11.8 Å². The van der Waals surface area contributed by atoms with Crippen molar-refractivity contribution >= 4 is 28.4 Å². The number of carbonyl (C=O) groups excluding carboxylic acids is 1. The molecule has 0 aromatic heterocycles. The van der Waals surface area contributed by atoms with Gasteiger partial charge in [0.1, 0.15) is 6.61 Å². The molecule has 1 fully saturated rings. The first-order valence-electron chi connectivity index (χ1n) is 9.67. The first-order valence-corrected chi connectivity index (χ1v) is 10.7. The summed E-state index contributed by atoms with van der Waals surface area (Å²) in [6, 6.07) is 14.4. The van der Waals surface area contributed by atoms with Gasteiger partial charge in [-0.05, 0) is 29.3 Å². The van der Waals surface area contributed by atoms with E-state index < -0.39 is 12.8 Å². The van der Waals surface area contributed by atoms with E-state index in [0.717, 1.165) is 23.4 Å². The lowest BCUT2D eigenvalue weighted by Gasteiger charge is -2.34. The van der Waals surface area contributed by atoms with Crippen molar-refractivity contribution in [3.8, 4) is 0 Å². The van der Waals surface area contributed by atoms with E-state index in [0.29, 0.717) is 31.8 Å². The van der Waals surface area contributed by atoms with Crippen molar-refractivity contribution in [2.75, 3.05) is 51.7 Å². The Hall–Kier alpha value is -1.77. The van der Waals surface area contributed by atoms with Crippen LogP contribution in [0, 0.1) is 0 Å². The molecule has 158 valence electrons. The minimum absolute atomic E-state index is 0.0983. The average molecular weight is 427 g/mol. The summed E-state index contributed by atoms with van der Waals surface area (Å²) in [7, 11) is 0. The lowest BCUT2D eigenvalue weighted by Crippen LogP contribution is -2.49. The number of rotatable bonds is 8. The van der Waals surface area contributed by atoms with E-state index in [-0.39, 0.29) is 12.5 Å². The molecule has 0 aliphatic carbocycles. The lowest BCUT2D eigenvalue weighted by molar-refractivity contribution is -0.174.